The van der Waals surface area contributed by atoms with E-state index in [0.717, 1.165) is 18.5 Å². The van der Waals surface area contributed by atoms with Gasteiger partial charge in [0.2, 0.25) is 0 Å². The highest BCUT2D eigenvalue weighted by atomic mass is 32.1. The number of carbonyl (C=O) groups excluding carboxylic acids is 1. The molecule has 114 valence electrons. The monoisotopic (exact) mass is 306 g/mol. The van der Waals surface area contributed by atoms with Crippen molar-refractivity contribution in [2.45, 2.75) is 32.7 Å². The fourth-order valence-corrected chi connectivity index (χ4v) is 2.95. The highest BCUT2D eigenvalue weighted by molar-refractivity contribution is 7.10. The summed E-state index contributed by atoms with van der Waals surface area (Å²) < 4.78 is 0. The molecule has 0 bridgehead atoms. The highest BCUT2D eigenvalue weighted by Crippen LogP contribution is 2.23. The molecule has 2 heterocycles. The van der Waals surface area contributed by atoms with Gasteiger partial charge < -0.3 is 10.2 Å². The Balaban J connectivity index is 1.73. The minimum absolute atomic E-state index is 0.0279. The van der Waals surface area contributed by atoms with Crippen molar-refractivity contribution in [1.29, 1.82) is 0 Å². The topological polar surface area (TPSA) is 61.0 Å². The van der Waals surface area contributed by atoms with Crippen LogP contribution < -0.4 is 5.32 Å². The molecule has 0 radical (unpaired) electrons. The first-order chi connectivity index (χ1) is 10.1. The van der Waals surface area contributed by atoms with Gasteiger partial charge in [0, 0.05) is 24.2 Å². The molecule has 2 amide bonds. The quantitative estimate of drug-likeness (QED) is 0.806. The molecule has 0 saturated heterocycles. The van der Waals surface area contributed by atoms with Gasteiger partial charge in [-0.1, -0.05) is 6.07 Å². The predicted octanol–water partition coefficient (Wildman–Crippen LogP) is 3.11. The molecule has 2 N–H and O–H groups in total. The molecular formula is C15H22N4OS. The first-order valence-corrected chi connectivity index (χ1v) is 8.00. The second kappa shape index (κ2) is 7.26. The maximum atomic E-state index is 12.1. The number of thiophene rings is 1. The third kappa shape index (κ3) is 4.07. The number of nitrogens with zero attached hydrogens (tertiary/aromatic N) is 2. The Morgan fingerprint density at radius 3 is 3.00 bits per heavy atom. The number of aromatic nitrogens is 2. The first-order valence-electron chi connectivity index (χ1n) is 7.12. The van der Waals surface area contributed by atoms with Crippen LogP contribution in [-0.4, -0.2) is 34.7 Å². The number of hydrogen-bond donors (Lipinski definition) is 2. The maximum Gasteiger partial charge on any atom is 0.317 e. The van der Waals surface area contributed by atoms with Crippen LogP contribution in [-0.2, 0) is 6.42 Å². The average molecular weight is 306 g/mol. The largest absolute Gasteiger partial charge is 0.338 e. The standard InChI is InChI=1S/C15H22N4OS/c1-11-13(10-17-18-11)6-4-8-16-15(20)19(3)12(2)14-7-5-9-21-14/h5,7,9-10,12H,4,6,8H2,1-3H3,(H,16,20)(H,17,18)/t12-/m0/s1. The second-order valence-electron chi connectivity index (χ2n) is 5.16. The van der Waals surface area contributed by atoms with Gasteiger partial charge >= 0.3 is 6.03 Å². The smallest absolute Gasteiger partial charge is 0.317 e. The van der Waals surface area contributed by atoms with Crippen LogP contribution in [0.3, 0.4) is 0 Å². The first kappa shape index (κ1) is 15.6. The molecule has 0 aliphatic rings. The molecule has 1 atom stereocenters. The van der Waals surface area contributed by atoms with Crippen LogP contribution >= 0.6 is 11.3 Å². The zero-order valence-electron chi connectivity index (χ0n) is 12.7. The Kier molecular flexibility index (Phi) is 5.38. The van der Waals surface area contributed by atoms with Crippen molar-refractivity contribution in [3.8, 4) is 0 Å². The van der Waals surface area contributed by atoms with Crippen LogP contribution in [0.2, 0.25) is 0 Å². The van der Waals surface area contributed by atoms with Crippen molar-refractivity contribution in [2.75, 3.05) is 13.6 Å². The van der Waals surface area contributed by atoms with E-state index in [1.54, 1.807) is 16.2 Å². The molecule has 21 heavy (non-hydrogen) atoms. The zero-order valence-corrected chi connectivity index (χ0v) is 13.5. The van der Waals surface area contributed by atoms with Crippen molar-refractivity contribution in [2.24, 2.45) is 0 Å². The fourth-order valence-electron chi connectivity index (χ4n) is 2.12. The molecule has 2 aromatic heterocycles. The number of aryl methyl sites for hydroxylation is 2. The van der Waals surface area contributed by atoms with E-state index in [0.29, 0.717) is 6.54 Å². The number of rotatable bonds is 6. The van der Waals surface area contributed by atoms with E-state index in [1.807, 2.05) is 38.5 Å². The van der Waals surface area contributed by atoms with Gasteiger partial charge in [0.15, 0.2) is 0 Å². The van der Waals surface area contributed by atoms with E-state index >= 15 is 0 Å². The number of hydrogen-bond acceptors (Lipinski definition) is 3. The Morgan fingerprint density at radius 2 is 2.38 bits per heavy atom. The minimum Gasteiger partial charge on any atom is -0.338 e. The number of nitrogens with one attached hydrogen (secondary N) is 2. The summed E-state index contributed by atoms with van der Waals surface area (Å²) in [6, 6.07) is 4.14. The third-order valence-corrected chi connectivity index (χ3v) is 4.73. The molecule has 0 aromatic carbocycles. The molecule has 6 heteroatoms. The number of urea groups is 1. The Hall–Kier alpha value is -1.82. The summed E-state index contributed by atoms with van der Waals surface area (Å²) in [5, 5.41) is 11.9. The van der Waals surface area contributed by atoms with Crippen molar-refractivity contribution in [3.63, 3.8) is 0 Å². The molecule has 0 spiro atoms. The van der Waals surface area contributed by atoms with Gasteiger partial charge in [0.25, 0.3) is 0 Å². The molecule has 2 aromatic rings. The van der Waals surface area contributed by atoms with Gasteiger partial charge in [-0.3, -0.25) is 5.10 Å². The SMILES string of the molecule is Cc1[nH]ncc1CCCNC(=O)N(C)[C@@H](C)c1cccs1. The van der Waals surface area contributed by atoms with E-state index in [4.69, 9.17) is 0 Å². The zero-order chi connectivity index (χ0) is 15.2. The molecule has 0 aliphatic carbocycles. The third-order valence-electron chi connectivity index (χ3n) is 3.69. The molecular weight excluding hydrogens is 284 g/mol. The summed E-state index contributed by atoms with van der Waals surface area (Å²) >= 11 is 1.67. The van der Waals surface area contributed by atoms with Gasteiger partial charge in [-0.15, -0.1) is 11.3 Å². The van der Waals surface area contributed by atoms with E-state index in [9.17, 15) is 4.79 Å². The molecule has 2 rings (SSSR count). The molecule has 0 fully saturated rings. The predicted molar refractivity (Wildman–Crippen MR) is 85.5 cm³/mol. The van der Waals surface area contributed by atoms with E-state index < -0.39 is 0 Å². The number of aromatic amines is 1. The van der Waals surface area contributed by atoms with Crippen LogP contribution in [0.25, 0.3) is 0 Å². The van der Waals surface area contributed by atoms with E-state index in [2.05, 4.69) is 21.6 Å². The van der Waals surface area contributed by atoms with E-state index in [-0.39, 0.29) is 12.1 Å². The Labute approximate surface area is 129 Å². The molecule has 5 nitrogen and oxygen atoms in total. The van der Waals surface area contributed by atoms with Gasteiger partial charge in [0.05, 0.1) is 12.2 Å². The summed E-state index contributed by atoms with van der Waals surface area (Å²) in [4.78, 5) is 15.0. The lowest BCUT2D eigenvalue weighted by molar-refractivity contribution is 0.195. The van der Waals surface area contributed by atoms with Gasteiger partial charge in [-0.25, -0.2) is 4.79 Å². The summed E-state index contributed by atoms with van der Waals surface area (Å²) in [6.45, 7) is 4.72. The Bertz CT molecular complexity index is 564. The van der Waals surface area contributed by atoms with Crippen LogP contribution in [0, 0.1) is 6.92 Å². The fraction of sp³-hybridized carbons (Fsp3) is 0.467. The summed E-state index contributed by atoms with van der Waals surface area (Å²) in [7, 11) is 1.83. The van der Waals surface area contributed by atoms with Crippen LogP contribution in [0.5, 0.6) is 0 Å². The van der Waals surface area contributed by atoms with Crippen molar-refractivity contribution in [1.82, 2.24) is 20.4 Å². The van der Waals surface area contributed by atoms with Gasteiger partial charge in [-0.05, 0) is 43.7 Å². The highest BCUT2D eigenvalue weighted by Gasteiger charge is 2.17. The number of H-pyrrole nitrogens is 1. The Morgan fingerprint density at radius 1 is 1.57 bits per heavy atom. The average Bonchev–Trinajstić information content (AvgIpc) is 3.13. The summed E-state index contributed by atoms with van der Waals surface area (Å²) in [6.07, 6.45) is 3.68. The summed E-state index contributed by atoms with van der Waals surface area (Å²) in [5.74, 6) is 0. The minimum atomic E-state index is -0.0279. The molecule has 0 unspecified atom stereocenters. The second-order valence-corrected chi connectivity index (χ2v) is 6.14. The van der Waals surface area contributed by atoms with Gasteiger partial charge in [0.1, 0.15) is 0 Å². The summed E-state index contributed by atoms with van der Waals surface area (Å²) in [5.41, 5.74) is 2.31. The maximum absolute atomic E-state index is 12.1. The number of amides is 2. The normalized spacial score (nSPS) is 12.1. The molecule has 0 aliphatic heterocycles. The van der Waals surface area contributed by atoms with E-state index in [1.165, 1.54) is 10.4 Å². The lowest BCUT2D eigenvalue weighted by Gasteiger charge is -2.24. The number of carbonyl (C=O) groups is 1. The van der Waals surface area contributed by atoms with Gasteiger partial charge in [-0.2, -0.15) is 5.10 Å². The van der Waals surface area contributed by atoms with Crippen molar-refractivity contribution >= 4 is 17.4 Å². The van der Waals surface area contributed by atoms with Crippen LogP contribution in [0.4, 0.5) is 4.79 Å². The lowest BCUT2D eigenvalue weighted by atomic mass is 10.1. The van der Waals surface area contributed by atoms with Crippen LogP contribution in [0.1, 0.15) is 35.5 Å². The van der Waals surface area contributed by atoms with Crippen molar-refractivity contribution in [3.05, 3.63) is 39.8 Å². The lowest BCUT2D eigenvalue weighted by Crippen LogP contribution is -2.39. The van der Waals surface area contributed by atoms with Crippen molar-refractivity contribution < 1.29 is 4.79 Å². The molecule has 0 saturated carbocycles. The van der Waals surface area contributed by atoms with Crippen LogP contribution in [0.15, 0.2) is 23.7 Å².